The van der Waals surface area contributed by atoms with E-state index < -0.39 is 56.0 Å². The van der Waals surface area contributed by atoms with Gasteiger partial charge in [0, 0.05) is 6.07 Å². The number of hydrogen-bond donors (Lipinski definition) is 2. The van der Waals surface area contributed by atoms with E-state index in [9.17, 15) is 34.6 Å². The Morgan fingerprint density at radius 1 is 1.00 bits per heavy atom. The third-order valence-corrected chi connectivity index (χ3v) is 3.83. The van der Waals surface area contributed by atoms with Crippen molar-refractivity contribution in [2.45, 2.75) is 26.4 Å². The van der Waals surface area contributed by atoms with E-state index in [1.54, 1.807) is 0 Å². The normalized spacial score (nSPS) is 10.7. The van der Waals surface area contributed by atoms with Crippen LogP contribution in [-0.2, 0) is 23.8 Å². The molecule has 0 saturated heterocycles. The lowest BCUT2D eigenvalue weighted by Crippen LogP contribution is -2.65. The van der Waals surface area contributed by atoms with Gasteiger partial charge in [0.05, 0.1) is 41.9 Å². The molecule has 170 valence electrons. The number of nitro benzene ring substituents is 2. The second kappa shape index (κ2) is 10.8. The molecular formula is C17H22N4O10. The number of nitro groups is 2. The molecule has 1 rings (SSSR count). The standard InChI is InChI=1S/C17H22N4O10/c1-5-18-17(15(23)30-6-2,16(24)31-7-3)19-11-8-10(20(25)26)9-12(21(27)28)13(11)14(22)29-4/h8-9,18-19H,5-7H2,1-4H3. The van der Waals surface area contributed by atoms with Crippen molar-refractivity contribution in [3.05, 3.63) is 37.9 Å². The van der Waals surface area contributed by atoms with Crippen molar-refractivity contribution in [2.24, 2.45) is 0 Å². The van der Waals surface area contributed by atoms with E-state index in [0.717, 1.165) is 13.2 Å². The maximum atomic E-state index is 12.7. The summed E-state index contributed by atoms with van der Waals surface area (Å²) < 4.78 is 14.4. The van der Waals surface area contributed by atoms with Gasteiger partial charge in [-0.05, 0) is 20.4 Å². The van der Waals surface area contributed by atoms with E-state index in [2.05, 4.69) is 15.4 Å². The molecule has 0 fully saturated rings. The molecule has 0 unspecified atom stereocenters. The maximum absolute atomic E-state index is 12.7. The summed E-state index contributed by atoms with van der Waals surface area (Å²) in [5, 5.41) is 27.7. The predicted molar refractivity (Wildman–Crippen MR) is 104 cm³/mol. The average molecular weight is 442 g/mol. The van der Waals surface area contributed by atoms with Crippen LogP contribution in [0.3, 0.4) is 0 Å². The molecule has 14 heteroatoms. The number of nitrogens with one attached hydrogen (secondary N) is 2. The molecule has 0 bridgehead atoms. The van der Waals surface area contributed by atoms with Crippen LogP contribution in [0.4, 0.5) is 17.1 Å². The number of methoxy groups -OCH3 is 1. The molecule has 0 aliphatic rings. The highest BCUT2D eigenvalue weighted by Crippen LogP contribution is 2.34. The molecule has 1 aromatic carbocycles. The Hall–Kier alpha value is -3.81. The van der Waals surface area contributed by atoms with E-state index in [-0.39, 0.29) is 19.8 Å². The summed E-state index contributed by atoms with van der Waals surface area (Å²) in [6, 6.07) is 1.31. The fraction of sp³-hybridized carbons (Fsp3) is 0.471. The van der Waals surface area contributed by atoms with Crippen LogP contribution in [0.1, 0.15) is 31.1 Å². The molecule has 31 heavy (non-hydrogen) atoms. The fourth-order valence-electron chi connectivity index (χ4n) is 2.60. The van der Waals surface area contributed by atoms with Gasteiger partial charge < -0.3 is 19.5 Å². The monoisotopic (exact) mass is 442 g/mol. The van der Waals surface area contributed by atoms with Crippen molar-refractivity contribution in [2.75, 3.05) is 32.2 Å². The van der Waals surface area contributed by atoms with Crippen LogP contribution in [-0.4, -0.2) is 60.3 Å². The second-order valence-electron chi connectivity index (χ2n) is 5.74. The van der Waals surface area contributed by atoms with Crippen LogP contribution in [0.5, 0.6) is 0 Å². The van der Waals surface area contributed by atoms with E-state index in [4.69, 9.17) is 9.47 Å². The van der Waals surface area contributed by atoms with E-state index in [1.165, 1.54) is 20.8 Å². The molecule has 0 heterocycles. The minimum atomic E-state index is -2.47. The largest absolute Gasteiger partial charge is 0.465 e. The molecule has 0 saturated carbocycles. The zero-order valence-electron chi connectivity index (χ0n) is 17.3. The van der Waals surface area contributed by atoms with Crippen molar-refractivity contribution in [1.82, 2.24) is 5.32 Å². The zero-order chi connectivity index (χ0) is 23.8. The van der Waals surface area contributed by atoms with E-state index in [1.807, 2.05) is 0 Å². The fourth-order valence-corrected chi connectivity index (χ4v) is 2.60. The Bertz CT molecular complexity index is 868. The van der Waals surface area contributed by atoms with Gasteiger partial charge in [-0.15, -0.1) is 0 Å². The number of carbonyl (C=O) groups is 3. The van der Waals surface area contributed by atoms with Crippen molar-refractivity contribution in [3.8, 4) is 0 Å². The molecule has 0 radical (unpaired) electrons. The topological polar surface area (TPSA) is 189 Å². The van der Waals surface area contributed by atoms with Gasteiger partial charge in [-0.25, -0.2) is 14.4 Å². The molecular weight excluding hydrogens is 420 g/mol. The summed E-state index contributed by atoms with van der Waals surface area (Å²) in [6.45, 7) is 4.18. The summed E-state index contributed by atoms with van der Waals surface area (Å²) in [5.41, 5.74) is -5.54. The summed E-state index contributed by atoms with van der Waals surface area (Å²) >= 11 is 0. The van der Waals surface area contributed by atoms with E-state index >= 15 is 0 Å². The molecule has 0 aromatic heterocycles. The Morgan fingerprint density at radius 2 is 1.55 bits per heavy atom. The molecule has 0 spiro atoms. The van der Waals surface area contributed by atoms with Gasteiger partial charge in [-0.1, -0.05) is 6.92 Å². The van der Waals surface area contributed by atoms with Gasteiger partial charge in [0.25, 0.3) is 17.0 Å². The summed E-state index contributed by atoms with van der Waals surface area (Å²) in [7, 11) is 0.936. The second-order valence-corrected chi connectivity index (χ2v) is 5.74. The van der Waals surface area contributed by atoms with Crippen LogP contribution in [0, 0.1) is 20.2 Å². The first-order valence-electron chi connectivity index (χ1n) is 9.02. The van der Waals surface area contributed by atoms with Crippen LogP contribution < -0.4 is 10.6 Å². The zero-order valence-corrected chi connectivity index (χ0v) is 17.3. The van der Waals surface area contributed by atoms with Crippen molar-refractivity contribution in [1.29, 1.82) is 0 Å². The lowest BCUT2D eigenvalue weighted by Gasteiger charge is -2.31. The highest BCUT2D eigenvalue weighted by atomic mass is 16.6. The van der Waals surface area contributed by atoms with Crippen LogP contribution in [0.2, 0.25) is 0 Å². The number of carbonyl (C=O) groups excluding carboxylic acids is 3. The van der Waals surface area contributed by atoms with Gasteiger partial charge in [0.2, 0.25) is 0 Å². The molecule has 0 amide bonds. The lowest BCUT2D eigenvalue weighted by atomic mass is 10.1. The number of ether oxygens (including phenoxy) is 3. The number of esters is 3. The predicted octanol–water partition coefficient (Wildman–Crippen LogP) is 1.13. The van der Waals surface area contributed by atoms with E-state index in [0.29, 0.717) is 6.07 Å². The average Bonchev–Trinajstić information content (AvgIpc) is 2.72. The number of hydrogen-bond acceptors (Lipinski definition) is 12. The molecule has 0 aliphatic heterocycles. The Morgan fingerprint density at radius 3 is 1.94 bits per heavy atom. The Labute approximate surface area is 176 Å². The van der Waals surface area contributed by atoms with Gasteiger partial charge in [-0.2, -0.15) is 0 Å². The Balaban J connectivity index is 3.89. The molecule has 0 atom stereocenters. The van der Waals surface area contributed by atoms with Crippen molar-refractivity contribution >= 4 is 35.0 Å². The highest BCUT2D eigenvalue weighted by Gasteiger charge is 2.50. The third-order valence-electron chi connectivity index (χ3n) is 3.83. The highest BCUT2D eigenvalue weighted by molar-refractivity contribution is 6.09. The summed E-state index contributed by atoms with van der Waals surface area (Å²) in [5.74, 6) is -3.59. The molecule has 14 nitrogen and oxygen atoms in total. The number of anilines is 1. The minimum absolute atomic E-state index is 0.00476. The summed E-state index contributed by atoms with van der Waals surface area (Å²) in [6.07, 6.45) is 0. The number of rotatable bonds is 11. The van der Waals surface area contributed by atoms with Crippen molar-refractivity contribution < 1.29 is 38.4 Å². The number of likely N-dealkylation sites (N-methyl/N-ethyl adjacent to an activating group) is 1. The van der Waals surface area contributed by atoms with Crippen LogP contribution in [0.15, 0.2) is 12.1 Å². The quantitative estimate of drug-likeness (QED) is 0.124. The summed E-state index contributed by atoms with van der Waals surface area (Å²) in [4.78, 5) is 58.5. The first kappa shape index (κ1) is 25.2. The molecule has 2 N–H and O–H groups in total. The van der Waals surface area contributed by atoms with Crippen LogP contribution in [0.25, 0.3) is 0 Å². The SMILES string of the molecule is CCNC(Nc1cc([N+](=O)[O-])cc([N+](=O)[O-])c1C(=O)OC)(C(=O)OCC)C(=O)OCC. The third kappa shape index (κ3) is 5.42. The molecule has 1 aromatic rings. The lowest BCUT2D eigenvalue weighted by molar-refractivity contribution is -0.394. The van der Waals surface area contributed by atoms with Gasteiger partial charge in [0.15, 0.2) is 5.56 Å². The first-order chi connectivity index (χ1) is 14.6. The smallest absolute Gasteiger partial charge is 0.359 e. The minimum Gasteiger partial charge on any atom is -0.465 e. The van der Waals surface area contributed by atoms with Gasteiger partial charge in [-0.3, -0.25) is 25.5 Å². The number of non-ortho nitro benzene ring substituents is 1. The first-order valence-corrected chi connectivity index (χ1v) is 9.02. The maximum Gasteiger partial charge on any atom is 0.359 e. The van der Waals surface area contributed by atoms with Gasteiger partial charge in [0.1, 0.15) is 0 Å². The van der Waals surface area contributed by atoms with Gasteiger partial charge >= 0.3 is 17.9 Å². The van der Waals surface area contributed by atoms with Crippen molar-refractivity contribution in [3.63, 3.8) is 0 Å². The number of nitrogens with zero attached hydrogens (tertiary/aromatic N) is 2. The van der Waals surface area contributed by atoms with Crippen LogP contribution >= 0.6 is 0 Å². The molecule has 0 aliphatic carbocycles. The number of benzene rings is 1. The Kier molecular flexibility index (Phi) is 8.81.